The van der Waals surface area contributed by atoms with E-state index in [4.69, 9.17) is 52.4 Å². The van der Waals surface area contributed by atoms with Gasteiger partial charge in [0.1, 0.15) is 94.6 Å². The molecule has 0 spiro atoms. The number of benzene rings is 1. The van der Waals surface area contributed by atoms with Crippen LogP contribution in [0.4, 0.5) is 10.6 Å². The molecule has 2 aliphatic heterocycles. The Morgan fingerprint density at radius 3 is 2.08 bits per heavy atom. The summed E-state index contributed by atoms with van der Waals surface area (Å²) in [5.74, 6) is -8.75. The highest BCUT2D eigenvalue weighted by molar-refractivity contribution is 7.14. The van der Waals surface area contributed by atoms with Gasteiger partial charge in [-0.1, -0.05) is 37.3 Å². The predicted octanol–water partition coefficient (Wildman–Crippen LogP) is -6.23. The number of nitrogens with zero attached hydrogens (tertiary/aromatic N) is 5. The zero-order valence-electron chi connectivity index (χ0n) is 55.9. The van der Waals surface area contributed by atoms with Crippen molar-refractivity contribution in [2.75, 3.05) is 45.1 Å². The minimum atomic E-state index is -2.20. The van der Waals surface area contributed by atoms with Gasteiger partial charge in [0.15, 0.2) is 18.7 Å². The number of aliphatic hydroxyl groups excluding tert-OH is 8. The van der Waals surface area contributed by atoms with Gasteiger partial charge in [-0.05, 0) is 46.2 Å². The number of primary amides is 3. The average molecular weight is 1470 g/mol. The molecule has 6 heterocycles. The zero-order chi connectivity index (χ0) is 74.8. The molecule has 5 aromatic rings. The number of H-pyrrole nitrogens is 1. The van der Waals surface area contributed by atoms with Crippen LogP contribution in [0.25, 0.3) is 10.7 Å². The van der Waals surface area contributed by atoms with Crippen molar-refractivity contribution in [2.45, 2.75) is 170 Å². The molecule has 7 rings (SSSR count). The molecule has 39 nitrogen and oxygen atoms in total. The van der Waals surface area contributed by atoms with Crippen LogP contribution >= 0.6 is 22.7 Å². The fourth-order valence-corrected chi connectivity index (χ4v) is 12.3. The number of anilines is 1. The normalized spacial score (nSPS) is 23.5. The Morgan fingerprint density at radius 2 is 1.43 bits per heavy atom. The molecule has 0 bridgehead atoms. The molecule has 2 aliphatic rings. The number of nitrogen functional groups attached to an aromatic ring is 1. The number of carbonyl (C=O) groups excluding carboxylic acids is 8. The Labute approximate surface area is 590 Å². The van der Waals surface area contributed by atoms with Crippen molar-refractivity contribution < 1.29 is 103 Å². The Bertz CT molecular complexity index is 3620. The van der Waals surface area contributed by atoms with Crippen LogP contribution in [0.2, 0.25) is 0 Å². The highest BCUT2D eigenvalue weighted by Gasteiger charge is 2.54. The summed E-state index contributed by atoms with van der Waals surface area (Å²) in [6, 6.07) is 2.26. The number of ether oxygens (including phenoxy) is 5. The van der Waals surface area contributed by atoms with E-state index in [2.05, 4.69) is 74.0 Å². The first-order chi connectivity index (χ1) is 48.4. The summed E-state index contributed by atoms with van der Waals surface area (Å²) in [6.07, 6.45) is -24.5. The van der Waals surface area contributed by atoms with Crippen LogP contribution in [0, 0.1) is 12.8 Å². The van der Waals surface area contributed by atoms with Crippen molar-refractivity contribution in [1.29, 1.82) is 0 Å². The molecule has 8 amide bonds. The molecule has 0 aliphatic carbocycles. The van der Waals surface area contributed by atoms with Gasteiger partial charge in [-0.25, -0.2) is 29.7 Å². The Balaban J connectivity index is 1.08. The lowest BCUT2D eigenvalue weighted by molar-refractivity contribution is -0.372. The highest BCUT2D eigenvalue weighted by Crippen LogP contribution is 2.35. The third-order valence-corrected chi connectivity index (χ3v) is 18.4. The fraction of sp³-hybridized carbons (Fsp3) is 0.557. The van der Waals surface area contributed by atoms with Crippen LogP contribution in [-0.4, -0.2) is 255 Å². The molecule has 41 heteroatoms. The first-order valence-electron chi connectivity index (χ1n) is 32.2. The molecule has 0 radical (unpaired) electrons. The molecule has 1 aromatic carbocycles. The van der Waals surface area contributed by atoms with Gasteiger partial charge in [0.25, 0.3) is 11.8 Å². The largest absolute Gasteiger partial charge is 0.441 e. The van der Waals surface area contributed by atoms with Crippen LogP contribution in [0.15, 0.2) is 53.6 Å². The first-order valence-corrected chi connectivity index (χ1v) is 33.9. The van der Waals surface area contributed by atoms with Crippen molar-refractivity contribution in [2.24, 2.45) is 28.9 Å². The van der Waals surface area contributed by atoms with Crippen LogP contribution < -0.4 is 65.9 Å². The SMILES string of the molecule is Cc1c(N)nc([C@H](CC(N)=O)NC[C@H](N)C(N)=O)nc1C(=O)N[C@H](C(=O)N[C@H](C)[C@@H](O)[C@H](C)C(=O)N[C@H](C(=O)NCCc1nc(-c2nc(C(=O)NCCCNC(C)c3ccccc3)cs2)cs1)[C@@H](C)O)[C@H](O[C@@H]1O[C@@H](CO)[C@@H](O)[C@H](O)[C@@H]1O[C@H]1O[C@H](CO)[C@@H](O)[C@H](OC(N)=O)[C@H]1O)c1cnc[nH]1. The van der Waals surface area contributed by atoms with E-state index in [9.17, 15) is 74.4 Å². The van der Waals surface area contributed by atoms with E-state index in [-0.39, 0.29) is 60.1 Å². The number of aromatic nitrogens is 6. The van der Waals surface area contributed by atoms with Crippen molar-refractivity contribution in [3.63, 3.8) is 0 Å². The van der Waals surface area contributed by atoms with E-state index >= 15 is 4.79 Å². The quantitative estimate of drug-likeness (QED) is 0.0165. The van der Waals surface area contributed by atoms with Crippen LogP contribution in [0.1, 0.15) is 107 Å². The van der Waals surface area contributed by atoms with Crippen LogP contribution in [0.5, 0.6) is 0 Å². The van der Waals surface area contributed by atoms with E-state index in [0.717, 1.165) is 18.1 Å². The number of nitrogens with two attached hydrogens (primary N) is 5. The molecule has 102 heavy (non-hydrogen) atoms. The number of imidazole rings is 1. The minimum absolute atomic E-state index is 0.0169. The van der Waals surface area contributed by atoms with Gasteiger partial charge in [-0.3, -0.25) is 33.6 Å². The van der Waals surface area contributed by atoms with Gasteiger partial charge in [-0.15, -0.1) is 22.7 Å². The lowest BCUT2D eigenvalue weighted by Crippen LogP contribution is -2.65. The van der Waals surface area contributed by atoms with Gasteiger partial charge in [0.05, 0.1) is 72.7 Å². The maximum Gasteiger partial charge on any atom is 0.404 e. The number of aliphatic hydroxyl groups is 8. The van der Waals surface area contributed by atoms with Gasteiger partial charge in [0, 0.05) is 54.8 Å². The summed E-state index contributed by atoms with van der Waals surface area (Å²) in [5, 5.41) is 112. The highest BCUT2D eigenvalue weighted by atomic mass is 32.1. The van der Waals surface area contributed by atoms with Gasteiger partial charge in [0.2, 0.25) is 29.5 Å². The van der Waals surface area contributed by atoms with Crippen molar-refractivity contribution in [1.82, 2.24) is 67.1 Å². The molecular weight excluding hydrogens is 1380 g/mol. The number of nitrogens with one attached hydrogen (secondary N) is 8. The summed E-state index contributed by atoms with van der Waals surface area (Å²) in [4.78, 5) is 131. The molecule has 560 valence electrons. The van der Waals surface area contributed by atoms with Gasteiger partial charge in [-0.2, -0.15) is 0 Å². The number of carbonyl (C=O) groups is 8. The maximum absolute atomic E-state index is 15.2. The second-order valence-electron chi connectivity index (χ2n) is 24.2. The second kappa shape index (κ2) is 37.6. The first kappa shape index (κ1) is 80.8. The molecule has 1 unspecified atom stereocenters. The summed E-state index contributed by atoms with van der Waals surface area (Å²) in [6.45, 7) is 5.81. The molecule has 0 saturated carbocycles. The average Bonchev–Trinajstić information content (AvgIpc) is 1.13. The summed E-state index contributed by atoms with van der Waals surface area (Å²) in [7, 11) is 0. The molecule has 4 aromatic heterocycles. The van der Waals surface area contributed by atoms with E-state index < -0.39 is 183 Å². The van der Waals surface area contributed by atoms with E-state index in [1.165, 1.54) is 50.4 Å². The summed E-state index contributed by atoms with van der Waals surface area (Å²) >= 11 is 2.50. The fourth-order valence-electron chi connectivity index (χ4n) is 10.7. The third-order valence-electron chi connectivity index (χ3n) is 16.7. The molecular formula is C61H88N18O21S2. The lowest BCUT2D eigenvalue weighted by atomic mass is 9.96. The number of amides is 8. The van der Waals surface area contributed by atoms with E-state index in [0.29, 0.717) is 35.2 Å². The summed E-state index contributed by atoms with van der Waals surface area (Å²) in [5.41, 5.74) is 29.2. The number of rotatable bonds is 37. The van der Waals surface area contributed by atoms with Crippen molar-refractivity contribution >= 4 is 75.9 Å². The summed E-state index contributed by atoms with van der Waals surface area (Å²) < 4.78 is 28.8. The maximum atomic E-state index is 15.2. The number of thiazole rings is 2. The molecule has 2 fully saturated rings. The topological polar surface area (TPSA) is 639 Å². The van der Waals surface area contributed by atoms with E-state index in [1.807, 2.05) is 30.3 Å². The van der Waals surface area contributed by atoms with Crippen LogP contribution in [0.3, 0.4) is 0 Å². The van der Waals surface area contributed by atoms with Gasteiger partial charge >= 0.3 is 6.09 Å². The molecule has 2 saturated heterocycles. The van der Waals surface area contributed by atoms with Gasteiger partial charge < -0.3 is 135 Å². The number of aromatic amines is 1. The standard InChI is InChI=1S/C61H88N18O21S2/c1-24-39(76-52(79-50(24)64)31(16-37(63)83)71-17-30(62)51(65)89)56(93)78-41(47(32-18-67-23-72-32)98-60-49(45(87)43(85)35(19-80)97-60)99-59-46(88)48(100-61(66)95)44(86)36(20-81)96-59)57(94)73-27(4)42(84)25(2)53(90)77-40(28(5)82)55(92)70-15-12-38-74-34(22-101-38)58-75-33(21-102-58)54(91)69-14-9-13-68-26(3)29-10-7-6-8-11-29/h6-8,10-11,18,21-23,25-28,30-31,35-36,40-49,59-60,68,71,80-82,84-88H,9,12-17,19-20,62H2,1-5H3,(H2,63,83)(H2,65,89)(H2,66,95)(H,67,72)(H,69,91)(H,70,92)(H,73,94)(H,77,90)(H,78,93)(H2,64,76,79)/t25-,26?,27+,28+,30-,31-,35-,36+,40-,41-,42-,43+,44+,45-,46+,47+,48-,49-,59+,60-/m0/s1. The lowest BCUT2D eigenvalue weighted by Gasteiger charge is -2.47. The Kier molecular flexibility index (Phi) is 29.8. The smallest absolute Gasteiger partial charge is 0.404 e. The Morgan fingerprint density at radius 1 is 0.735 bits per heavy atom. The molecule has 26 N–H and O–H groups in total. The third kappa shape index (κ3) is 21.3. The van der Waals surface area contributed by atoms with Crippen molar-refractivity contribution in [3.05, 3.63) is 92.7 Å². The molecule has 20 atom stereocenters. The monoisotopic (exact) mass is 1470 g/mol. The number of hydrogen-bond donors (Lipinski definition) is 21. The van der Waals surface area contributed by atoms with Crippen LogP contribution in [-0.2, 0) is 54.1 Å². The zero-order valence-corrected chi connectivity index (χ0v) is 57.6. The van der Waals surface area contributed by atoms with Crippen molar-refractivity contribution in [3.8, 4) is 10.7 Å². The minimum Gasteiger partial charge on any atom is -0.441 e. The predicted molar refractivity (Wildman–Crippen MR) is 358 cm³/mol. The van der Waals surface area contributed by atoms with E-state index in [1.54, 1.807) is 10.8 Å². The Hall–Kier alpha value is -8.47. The number of hydrogen-bond acceptors (Lipinski definition) is 32. The second-order valence-corrected chi connectivity index (χ2v) is 26.0.